The quantitative estimate of drug-likeness (QED) is 0.847. The van der Waals surface area contributed by atoms with Gasteiger partial charge in [-0.2, -0.15) is 5.10 Å². The van der Waals surface area contributed by atoms with Crippen molar-refractivity contribution in [3.63, 3.8) is 0 Å². The highest BCUT2D eigenvalue weighted by molar-refractivity contribution is 5.27. The Hall–Kier alpha value is -1.07. The summed E-state index contributed by atoms with van der Waals surface area (Å²) in [7, 11) is 1.58. The van der Waals surface area contributed by atoms with Gasteiger partial charge >= 0.3 is 0 Å². The number of nitrogens with zero attached hydrogens (tertiary/aromatic N) is 2. The zero-order chi connectivity index (χ0) is 13.8. The SMILES string of the molecule is CCCn1ncc(OC)c1C(O)COC(C)(C)C. The number of aromatic nitrogens is 2. The van der Waals surface area contributed by atoms with Crippen LogP contribution >= 0.6 is 0 Å². The average molecular weight is 256 g/mol. The molecule has 0 bridgehead atoms. The maximum atomic E-state index is 10.2. The van der Waals surface area contributed by atoms with Crippen LogP contribution in [-0.4, -0.2) is 34.2 Å². The minimum Gasteiger partial charge on any atom is -0.493 e. The second-order valence-corrected chi connectivity index (χ2v) is 5.26. The molecule has 5 heteroatoms. The van der Waals surface area contributed by atoms with Gasteiger partial charge in [0.25, 0.3) is 0 Å². The van der Waals surface area contributed by atoms with Gasteiger partial charge in [-0.15, -0.1) is 0 Å². The van der Waals surface area contributed by atoms with E-state index in [-0.39, 0.29) is 12.2 Å². The highest BCUT2D eigenvalue weighted by Crippen LogP contribution is 2.26. The molecule has 0 aliphatic heterocycles. The van der Waals surface area contributed by atoms with Gasteiger partial charge in [-0.05, 0) is 27.2 Å². The fourth-order valence-corrected chi connectivity index (χ4v) is 1.67. The normalized spacial score (nSPS) is 13.7. The first-order valence-corrected chi connectivity index (χ1v) is 6.30. The highest BCUT2D eigenvalue weighted by atomic mass is 16.5. The Balaban J connectivity index is 2.82. The molecular formula is C13H24N2O3. The second kappa shape index (κ2) is 6.20. The predicted octanol–water partition coefficient (Wildman–Crippen LogP) is 2.15. The predicted molar refractivity (Wildman–Crippen MR) is 69.7 cm³/mol. The first-order chi connectivity index (χ1) is 8.39. The molecule has 0 aromatic carbocycles. The number of hydrogen-bond donors (Lipinski definition) is 1. The van der Waals surface area contributed by atoms with Gasteiger partial charge in [0.2, 0.25) is 0 Å². The zero-order valence-corrected chi connectivity index (χ0v) is 11.9. The van der Waals surface area contributed by atoms with Crippen molar-refractivity contribution in [2.75, 3.05) is 13.7 Å². The van der Waals surface area contributed by atoms with Gasteiger partial charge in [0.15, 0.2) is 5.75 Å². The smallest absolute Gasteiger partial charge is 0.162 e. The fourth-order valence-electron chi connectivity index (χ4n) is 1.67. The van der Waals surface area contributed by atoms with Gasteiger partial charge in [0, 0.05) is 6.54 Å². The van der Waals surface area contributed by atoms with E-state index in [9.17, 15) is 5.11 Å². The third-order valence-corrected chi connectivity index (χ3v) is 2.49. The van der Waals surface area contributed by atoms with Crippen molar-refractivity contribution < 1.29 is 14.6 Å². The molecule has 0 fully saturated rings. The maximum Gasteiger partial charge on any atom is 0.162 e. The Kier molecular flexibility index (Phi) is 5.16. The maximum absolute atomic E-state index is 10.2. The molecular weight excluding hydrogens is 232 g/mol. The number of ether oxygens (including phenoxy) is 2. The molecule has 1 unspecified atom stereocenters. The average Bonchev–Trinajstić information content (AvgIpc) is 2.68. The first kappa shape index (κ1) is 15.0. The van der Waals surface area contributed by atoms with Crippen molar-refractivity contribution in [2.24, 2.45) is 0 Å². The van der Waals surface area contributed by atoms with Crippen LogP contribution in [-0.2, 0) is 11.3 Å². The van der Waals surface area contributed by atoms with Crippen LogP contribution in [0.25, 0.3) is 0 Å². The van der Waals surface area contributed by atoms with Gasteiger partial charge < -0.3 is 14.6 Å². The van der Waals surface area contributed by atoms with Crippen LogP contribution in [0.4, 0.5) is 0 Å². The summed E-state index contributed by atoms with van der Waals surface area (Å²) in [5, 5.41) is 14.4. The van der Waals surface area contributed by atoms with E-state index >= 15 is 0 Å². The number of methoxy groups -OCH3 is 1. The Labute approximate surface area is 109 Å². The summed E-state index contributed by atoms with van der Waals surface area (Å²) < 4.78 is 12.6. The van der Waals surface area contributed by atoms with Crippen LogP contribution in [0.15, 0.2) is 6.20 Å². The van der Waals surface area contributed by atoms with E-state index in [4.69, 9.17) is 9.47 Å². The molecule has 1 atom stereocenters. The van der Waals surface area contributed by atoms with Gasteiger partial charge in [-0.25, -0.2) is 0 Å². The lowest BCUT2D eigenvalue weighted by molar-refractivity contribution is -0.0522. The molecule has 1 heterocycles. The Morgan fingerprint density at radius 2 is 2.11 bits per heavy atom. The van der Waals surface area contributed by atoms with Crippen molar-refractivity contribution in [1.82, 2.24) is 9.78 Å². The van der Waals surface area contributed by atoms with Crippen LogP contribution in [0.3, 0.4) is 0 Å². The van der Waals surface area contributed by atoms with E-state index in [1.54, 1.807) is 18.0 Å². The van der Waals surface area contributed by atoms with Crippen LogP contribution < -0.4 is 4.74 Å². The van der Waals surface area contributed by atoms with E-state index in [1.807, 2.05) is 20.8 Å². The lowest BCUT2D eigenvalue weighted by Gasteiger charge is -2.22. The summed E-state index contributed by atoms with van der Waals surface area (Å²) >= 11 is 0. The van der Waals surface area contributed by atoms with E-state index in [1.165, 1.54) is 0 Å². The van der Waals surface area contributed by atoms with E-state index < -0.39 is 6.10 Å². The number of rotatable bonds is 6. The van der Waals surface area contributed by atoms with E-state index in [0.29, 0.717) is 11.4 Å². The lowest BCUT2D eigenvalue weighted by atomic mass is 10.2. The fraction of sp³-hybridized carbons (Fsp3) is 0.769. The van der Waals surface area contributed by atoms with Gasteiger partial charge in [-0.3, -0.25) is 4.68 Å². The Bertz CT molecular complexity index is 369. The Morgan fingerprint density at radius 3 is 2.61 bits per heavy atom. The number of aliphatic hydroxyl groups excluding tert-OH is 1. The Morgan fingerprint density at radius 1 is 1.44 bits per heavy atom. The van der Waals surface area contributed by atoms with Crippen LogP contribution in [0.2, 0.25) is 0 Å². The van der Waals surface area contributed by atoms with Gasteiger partial charge in [0.05, 0.1) is 25.5 Å². The number of aliphatic hydroxyl groups is 1. The third kappa shape index (κ3) is 3.99. The molecule has 0 aliphatic carbocycles. The molecule has 0 saturated heterocycles. The first-order valence-electron chi connectivity index (χ1n) is 6.30. The summed E-state index contributed by atoms with van der Waals surface area (Å²) in [5.74, 6) is 0.605. The van der Waals surface area contributed by atoms with Crippen molar-refractivity contribution in [1.29, 1.82) is 0 Å². The summed E-state index contributed by atoms with van der Waals surface area (Å²) in [6, 6.07) is 0. The molecule has 0 spiro atoms. The van der Waals surface area contributed by atoms with Gasteiger partial charge in [0.1, 0.15) is 11.8 Å². The molecule has 5 nitrogen and oxygen atoms in total. The molecule has 0 aliphatic rings. The lowest BCUT2D eigenvalue weighted by Crippen LogP contribution is -2.24. The van der Waals surface area contributed by atoms with Crippen molar-refractivity contribution in [3.8, 4) is 5.75 Å². The largest absolute Gasteiger partial charge is 0.493 e. The molecule has 0 radical (unpaired) electrons. The highest BCUT2D eigenvalue weighted by Gasteiger charge is 2.22. The standard InChI is InChI=1S/C13H24N2O3/c1-6-7-15-12(11(17-5)8-14-15)10(16)9-18-13(2,3)4/h8,10,16H,6-7,9H2,1-5H3. The summed E-state index contributed by atoms with van der Waals surface area (Å²) in [6.45, 7) is 8.93. The number of aryl methyl sites for hydroxylation is 1. The third-order valence-electron chi connectivity index (χ3n) is 2.49. The molecule has 0 amide bonds. The van der Waals surface area contributed by atoms with E-state index in [2.05, 4.69) is 12.0 Å². The van der Waals surface area contributed by atoms with Crippen molar-refractivity contribution >= 4 is 0 Å². The zero-order valence-electron chi connectivity index (χ0n) is 11.9. The molecule has 1 N–H and O–H groups in total. The van der Waals surface area contributed by atoms with Crippen LogP contribution in [0, 0.1) is 0 Å². The van der Waals surface area contributed by atoms with Crippen molar-refractivity contribution in [3.05, 3.63) is 11.9 Å². The minimum absolute atomic E-state index is 0.231. The second-order valence-electron chi connectivity index (χ2n) is 5.26. The van der Waals surface area contributed by atoms with Crippen molar-refractivity contribution in [2.45, 2.75) is 52.4 Å². The summed E-state index contributed by atoms with van der Waals surface area (Å²) in [5.41, 5.74) is 0.410. The number of hydrogen-bond acceptors (Lipinski definition) is 4. The molecule has 104 valence electrons. The summed E-state index contributed by atoms with van der Waals surface area (Å²) in [6.07, 6.45) is 1.85. The van der Waals surface area contributed by atoms with Crippen LogP contribution in [0.1, 0.15) is 45.9 Å². The molecule has 0 saturated carbocycles. The molecule has 18 heavy (non-hydrogen) atoms. The summed E-state index contributed by atoms with van der Waals surface area (Å²) in [4.78, 5) is 0. The minimum atomic E-state index is -0.728. The topological polar surface area (TPSA) is 56.5 Å². The van der Waals surface area contributed by atoms with Gasteiger partial charge in [-0.1, -0.05) is 6.92 Å². The molecule has 1 aromatic heterocycles. The molecule has 1 aromatic rings. The molecule has 1 rings (SSSR count). The van der Waals surface area contributed by atoms with E-state index in [0.717, 1.165) is 13.0 Å². The van der Waals surface area contributed by atoms with Crippen LogP contribution in [0.5, 0.6) is 5.75 Å². The monoisotopic (exact) mass is 256 g/mol.